The molecule has 2 aromatic carbocycles. The van der Waals surface area contributed by atoms with E-state index in [1.807, 2.05) is 36.4 Å². The quantitative estimate of drug-likeness (QED) is 0.393. The highest BCUT2D eigenvalue weighted by atomic mass is 79.9. The van der Waals surface area contributed by atoms with Gasteiger partial charge in [0.1, 0.15) is 11.2 Å². The fourth-order valence-corrected chi connectivity index (χ4v) is 3.47. The van der Waals surface area contributed by atoms with Gasteiger partial charge in [-0.1, -0.05) is 24.3 Å². The lowest BCUT2D eigenvalue weighted by Gasteiger charge is -2.08. The molecular formula is C17H10BrClO2. The van der Waals surface area contributed by atoms with Crippen LogP contribution in [0.3, 0.4) is 0 Å². The molecule has 2 aromatic heterocycles. The standard InChI is InChI=1S/C17H10BrClO2/c18-17-12(7-8-20-17)16(19)10-5-6-15-13(9-10)11-3-1-2-4-14(11)21-15/h1-9,16H. The molecule has 0 fully saturated rings. The zero-order chi connectivity index (χ0) is 14.4. The van der Waals surface area contributed by atoms with Crippen molar-refractivity contribution in [3.05, 3.63) is 70.6 Å². The summed E-state index contributed by atoms with van der Waals surface area (Å²) in [5.74, 6) is 0. The molecule has 4 rings (SSSR count). The predicted octanol–water partition coefficient (Wildman–Crippen LogP) is 6.27. The molecule has 1 unspecified atom stereocenters. The highest BCUT2D eigenvalue weighted by molar-refractivity contribution is 9.10. The summed E-state index contributed by atoms with van der Waals surface area (Å²) in [4.78, 5) is 0. The number of alkyl halides is 1. The van der Waals surface area contributed by atoms with E-state index in [0.717, 1.165) is 33.1 Å². The van der Waals surface area contributed by atoms with Gasteiger partial charge in [-0.2, -0.15) is 0 Å². The second-order valence-corrected chi connectivity index (χ2v) is 6.02. The lowest BCUT2D eigenvalue weighted by Crippen LogP contribution is -1.91. The van der Waals surface area contributed by atoms with Crippen molar-refractivity contribution in [3.8, 4) is 0 Å². The SMILES string of the molecule is ClC(c1ccc2oc3ccccc3c2c1)c1ccoc1Br. The molecule has 0 saturated carbocycles. The molecule has 0 N–H and O–H groups in total. The molecular weight excluding hydrogens is 352 g/mol. The van der Waals surface area contributed by atoms with E-state index >= 15 is 0 Å². The number of hydrogen-bond donors (Lipinski definition) is 0. The van der Waals surface area contributed by atoms with Gasteiger partial charge in [0, 0.05) is 16.3 Å². The predicted molar refractivity (Wildman–Crippen MR) is 87.8 cm³/mol. The Kier molecular flexibility index (Phi) is 3.05. The number of para-hydroxylation sites is 1. The van der Waals surface area contributed by atoms with Crippen molar-refractivity contribution in [2.75, 3.05) is 0 Å². The number of benzene rings is 2. The fraction of sp³-hybridized carbons (Fsp3) is 0.0588. The molecule has 0 aliphatic rings. The molecule has 21 heavy (non-hydrogen) atoms. The van der Waals surface area contributed by atoms with Crippen LogP contribution in [0.4, 0.5) is 0 Å². The first-order valence-electron chi connectivity index (χ1n) is 6.52. The van der Waals surface area contributed by atoms with Crippen LogP contribution in [0, 0.1) is 0 Å². The van der Waals surface area contributed by atoms with E-state index in [1.54, 1.807) is 6.26 Å². The Morgan fingerprint density at radius 2 is 1.76 bits per heavy atom. The summed E-state index contributed by atoms with van der Waals surface area (Å²) in [5, 5.41) is 1.91. The van der Waals surface area contributed by atoms with E-state index in [9.17, 15) is 0 Å². The van der Waals surface area contributed by atoms with E-state index in [2.05, 4.69) is 28.1 Å². The molecule has 104 valence electrons. The molecule has 0 aliphatic carbocycles. The van der Waals surface area contributed by atoms with Gasteiger partial charge < -0.3 is 8.83 Å². The first-order chi connectivity index (χ1) is 10.2. The van der Waals surface area contributed by atoms with Crippen LogP contribution in [-0.2, 0) is 0 Å². The Balaban J connectivity index is 1.90. The molecule has 0 amide bonds. The third-order valence-electron chi connectivity index (χ3n) is 3.61. The second kappa shape index (κ2) is 4.93. The first-order valence-corrected chi connectivity index (χ1v) is 7.75. The summed E-state index contributed by atoms with van der Waals surface area (Å²) in [7, 11) is 0. The summed E-state index contributed by atoms with van der Waals surface area (Å²) in [6, 6.07) is 15.9. The van der Waals surface area contributed by atoms with Gasteiger partial charge in [0.15, 0.2) is 4.67 Å². The van der Waals surface area contributed by atoms with Crippen LogP contribution < -0.4 is 0 Å². The number of hydrogen-bond acceptors (Lipinski definition) is 2. The normalized spacial score (nSPS) is 13.0. The Morgan fingerprint density at radius 3 is 2.57 bits per heavy atom. The summed E-state index contributed by atoms with van der Waals surface area (Å²) in [5.41, 5.74) is 3.69. The first kappa shape index (κ1) is 13.0. The van der Waals surface area contributed by atoms with E-state index < -0.39 is 0 Å². The molecule has 0 saturated heterocycles. The Hall–Kier alpha value is -1.71. The minimum atomic E-state index is -0.267. The largest absolute Gasteiger partial charge is 0.457 e. The van der Waals surface area contributed by atoms with Crippen LogP contribution in [-0.4, -0.2) is 0 Å². The van der Waals surface area contributed by atoms with Gasteiger partial charge in [-0.3, -0.25) is 0 Å². The summed E-state index contributed by atoms with van der Waals surface area (Å²) in [6.45, 7) is 0. The van der Waals surface area contributed by atoms with Gasteiger partial charge in [-0.25, -0.2) is 0 Å². The van der Waals surface area contributed by atoms with E-state index in [1.165, 1.54) is 0 Å². The Labute approximate surface area is 134 Å². The summed E-state index contributed by atoms with van der Waals surface area (Å²) < 4.78 is 11.8. The molecule has 1 atom stereocenters. The third kappa shape index (κ3) is 2.08. The third-order valence-corrected chi connectivity index (χ3v) is 4.74. The van der Waals surface area contributed by atoms with Crippen molar-refractivity contribution in [2.24, 2.45) is 0 Å². The molecule has 0 radical (unpaired) electrons. The maximum absolute atomic E-state index is 6.58. The summed E-state index contributed by atoms with van der Waals surface area (Å²) >= 11 is 9.95. The zero-order valence-corrected chi connectivity index (χ0v) is 13.2. The molecule has 2 nitrogen and oxygen atoms in total. The van der Waals surface area contributed by atoms with Crippen LogP contribution in [0.15, 0.2) is 68.3 Å². The van der Waals surface area contributed by atoms with E-state index in [0.29, 0.717) is 4.67 Å². The molecule has 0 spiro atoms. The van der Waals surface area contributed by atoms with Gasteiger partial charge >= 0.3 is 0 Å². The van der Waals surface area contributed by atoms with E-state index in [4.69, 9.17) is 20.4 Å². The van der Waals surface area contributed by atoms with Gasteiger partial charge in [-0.15, -0.1) is 11.6 Å². The average Bonchev–Trinajstić information content (AvgIpc) is 3.09. The van der Waals surface area contributed by atoms with Crippen molar-refractivity contribution >= 4 is 49.5 Å². The maximum atomic E-state index is 6.58. The van der Waals surface area contributed by atoms with E-state index in [-0.39, 0.29) is 5.38 Å². The highest BCUT2D eigenvalue weighted by Gasteiger charge is 2.17. The number of rotatable bonds is 2. The monoisotopic (exact) mass is 360 g/mol. The Bertz CT molecular complexity index is 938. The zero-order valence-electron chi connectivity index (χ0n) is 10.8. The van der Waals surface area contributed by atoms with Crippen molar-refractivity contribution in [1.29, 1.82) is 0 Å². The van der Waals surface area contributed by atoms with Crippen LogP contribution in [0.2, 0.25) is 0 Å². The van der Waals surface area contributed by atoms with Gasteiger partial charge in [0.05, 0.1) is 11.6 Å². The highest BCUT2D eigenvalue weighted by Crippen LogP contribution is 2.37. The topological polar surface area (TPSA) is 26.3 Å². The van der Waals surface area contributed by atoms with Crippen molar-refractivity contribution in [1.82, 2.24) is 0 Å². The Morgan fingerprint density at radius 1 is 0.952 bits per heavy atom. The van der Waals surface area contributed by atoms with Crippen LogP contribution >= 0.6 is 27.5 Å². The van der Waals surface area contributed by atoms with Gasteiger partial charge in [-0.05, 0) is 45.8 Å². The minimum Gasteiger partial charge on any atom is -0.457 e. The molecule has 2 heterocycles. The van der Waals surface area contributed by atoms with Gasteiger partial charge in [0.2, 0.25) is 0 Å². The number of halogens is 2. The van der Waals surface area contributed by atoms with Crippen LogP contribution in [0.25, 0.3) is 21.9 Å². The fourth-order valence-electron chi connectivity index (χ4n) is 2.57. The van der Waals surface area contributed by atoms with Crippen LogP contribution in [0.5, 0.6) is 0 Å². The smallest absolute Gasteiger partial charge is 0.173 e. The van der Waals surface area contributed by atoms with Crippen molar-refractivity contribution in [2.45, 2.75) is 5.38 Å². The molecule has 4 heteroatoms. The van der Waals surface area contributed by atoms with Crippen molar-refractivity contribution < 1.29 is 8.83 Å². The molecule has 4 aromatic rings. The molecule has 0 aliphatic heterocycles. The lowest BCUT2D eigenvalue weighted by atomic mass is 10.0. The second-order valence-electron chi connectivity index (χ2n) is 4.87. The van der Waals surface area contributed by atoms with Crippen LogP contribution in [0.1, 0.15) is 16.5 Å². The lowest BCUT2D eigenvalue weighted by molar-refractivity contribution is 0.537. The molecule has 0 bridgehead atoms. The average molecular weight is 362 g/mol. The maximum Gasteiger partial charge on any atom is 0.173 e. The van der Waals surface area contributed by atoms with Crippen molar-refractivity contribution in [3.63, 3.8) is 0 Å². The minimum absolute atomic E-state index is 0.267. The summed E-state index contributed by atoms with van der Waals surface area (Å²) in [6.07, 6.45) is 1.63. The van der Waals surface area contributed by atoms with Gasteiger partial charge in [0.25, 0.3) is 0 Å². The number of furan rings is 2. The number of fused-ring (bicyclic) bond motifs is 3.